The fraction of sp³-hybridized carbons (Fsp3) is 0. The Bertz CT molecular complexity index is 36.7. The Hall–Kier alpha value is 0.337. The normalized spacial score (nSPS) is 2.18. The van der Waals surface area contributed by atoms with E-state index in [0.29, 0.717) is 0 Å². The van der Waals surface area contributed by atoms with Gasteiger partial charge in [-0.25, -0.2) is 0 Å². The van der Waals surface area contributed by atoms with Gasteiger partial charge in [-0.1, -0.05) is 0 Å². The van der Waals surface area contributed by atoms with Crippen LogP contribution in [0, 0.1) is 57.1 Å². The summed E-state index contributed by atoms with van der Waals surface area (Å²) in [6, 6.07) is 0. The van der Waals surface area contributed by atoms with Crippen LogP contribution in [0.3, 0.4) is 0 Å². The largest absolute Gasteiger partial charge is 0.412 e. The number of hydrogen-bond acceptors (Lipinski definition) is 5. The summed E-state index contributed by atoms with van der Waals surface area (Å²) in [5.41, 5.74) is 0. The van der Waals surface area contributed by atoms with Gasteiger partial charge in [-0.2, -0.15) is 0 Å². The van der Waals surface area contributed by atoms with Crippen molar-refractivity contribution in [1.29, 1.82) is 0 Å². The van der Waals surface area contributed by atoms with Crippen molar-refractivity contribution in [2.75, 3.05) is 0 Å². The van der Waals surface area contributed by atoms with Crippen molar-refractivity contribution in [3.8, 4) is 0 Å². The van der Waals surface area contributed by atoms with Gasteiger partial charge in [0.25, 0.3) is 0 Å². The fourth-order valence-electron chi connectivity index (χ4n) is 0. The molecule has 0 radical (unpaired) electrons. The van der Waals surface area contributed by atoms with Crippen LogP contribution in [-0.2, 0) is 0 Å². The van der Waals surface area contributed by atoms with Crippen molar-refractivity contribution in [3.63, 3.8) is 0 Å². The zero-order valence-corrected chi connectivity index (χ0v) is 8.73. The first-order chi connectivity index (χ1) is 1.73. The van der Waals surface area contributed by atoms with Gasteiger partial charge in [-0.3, -0.25) is 0 Å². The molecule has 76 valence electrons. The molecule has 0 rings (SSSR count). The molecule has 0 heterocycles. The average molecular weight is 308 g/mol. The standard InChI is InChI=1S/Ce.NO3.2H3N.4H2O/c;2-1(3)4;;;;;;/h;;2*1H3;4*1H2/q;-1;;;;;;. The summed E-state index contributed by atoms with van der Waals surface area (Å²) in [5, 5.41) is 14.8. The van der Waals surface area contributed by atoms with Gasteiger partial charge < -0.3 is 49.5 Å². The summed E-state index contributed by atoms with van der Waals surface area (Å²) in [7, 11) is 0. The summed E-state index contributed by atoms with van der Waals surface area (Å²) in [6.45, 7) is 0. The molecule has 0 amide bonds. The quantitative estimate of drug-likeness (QED) is 0.344. The molecule has 0 unspecified atom stereocenters. The van der Waals surface area contributed by atoms with E-state index in [2.05, 4.69) is 0 Å². The van der Waals surface area contributed by atoms with Gasteiger partial charge in [-0.05, 0) is 0 Å². The first-order valence-corrected chi connectivity index (χ1v) is 0.548. The molecule has 11 heavy (non-hydrogen) atoms. The summed E-state index contributed by atoms with van der Waals surface area (Å²) in [5.74, 6) is 0. The van der Waals surface area contributed by atoms with E-state index in [9.17, 15) is 0 Å². The van der Waals surface area contributed by atoms with E-state index in [1.165, 1.54) is 0 Å². The van der Waals surface area contributed by atoms with Crippen LogP contribution in [0.15, 0.2) is 0 Å². The average Bonchev–Trinajstić information content (AvgIpc) is 0.811. The van der Waals surface area contributed by atoms with Gasteiger partial charge in [0.15, 0.2) is 0 Å². The van der Waals surface area contributed by atoms with Crippen molar-refractivity contribution in [2.45, 2.75) is 0 Å². The maximum atomic E-state index is 8.25. The Morgan fingerprint density at radius 1 is 0.818 bits per heavy atom. The Morgan fingerprint density at radius 2 is 0.818 bits per heavy atom. The minimum Gasteiger partial charge on any atom is -0.412 e. The molecule has 14 N–H and O–H groups in total. The number of hydrogen-bond donors (Lipinski definition) is 2. The molecule has 0 aromatic heterocycles. The van der Waals surface area contributed by atoms with Gasteiger partial charge in [0.1, 0.15) is 0 Å². The molecule has 0 atom stereocenters. The fourth-order valence-corrected chi connectivity index (χ4v) is 0. The maximum absolute atomic E-state index is 8.25. The predicted octanol–water partition coefficient (Wildman–Crippen LogP) is -3.21. The van der Waals surface area contributed by atoms with E-state index in [4.69, 9.17) is 15.3 Å². The molecule has 10 nitrogen and oxygen atoms in total. The van der Waals surface area contributed by atoms with Gasteiger partial charge in [-0.15, -0.1) is 0 Å². The zero-order valence-electron chi connectivity index (χ0n) is 5.59. The Balaban J connectivity index is -0.00000000214. The topological polar surface area (TPSA) is 262 Å². The second kappa shape index (κ2) is 80.9. The first kappa shape index (κ1) is 109. The summed E-state index contributed by atoms with van der Waals surface area (Å²) < 4.78 is 0. The summed E-state index contributed by atoms with van der Waals surface area (Å²) >= 11 is 0. The van der Waals surface area contributed by atoms with E-state index in [-0.39, 0.29) is 76.0 Å². The molecule has 0 saturated carbocycles. The molecule has 0 bridgehead atoms. The number of nitrogens with zero attached hydrogens (tertiary/aromatic N) is 1. The van der Waals surface area contributed by atoms with E-state index in [0.717, 1.165) is 0 Å². The van der Waals surface area contributed by atoms with Gasteiger partial charge >= 0.3 is 0 Å². The third-order valence-electron chi connectivity index (χ3n) is 0. The Morgan fingerprint density at radius 3 is 0.818 bits per heavy atom. The SMILES string of the molecule is N.N.O.O.O.O.O=[N+]([O-])[O-].[Ce]. The monoisotopic (exact) mass is 308 g/mol. The molecule has 0 aromatic carbocycles. The van der Waals surface area contributed by atoms with Crippen molar-refractivity contribution < 1.29 is 68.7 Å². The number of rotatable bonds is 0. The molecule has 0 fully saturated rings. The molecule has 0 aliphatic rings. The second-order valence-electron chi connectivity index (χ2n) is 0.224. The van der Waals surface area contributed by atoms with E-state index in [1.54, 1.807) is 0 Å². The minimum atomic E-state index is -1.75. The third-order valence-corrected chi connectivity index (χ3v) is 0. The molecule has 0 aromatic rings. The molecular formula is H14CeN3O7-. The van der Waals surface area contributed by atoms with E-state index < -0.39 is 5.09 Å². The Labute approximate surface area is 95.9 Å². The van der Waals surface area contributed by atoms with Crippen LogP contribution < -0.4 is 12.3 Å². The van der Waals surface area contributed by atoms with E-state index >= 15 is 0 Å². The molecule has 0 saturated heterocycles. The van der Waals surface area contributed by atoms with Crippen molar-refractivity contribution in [3.05, 3.63) is 15.3 Å². The first-order valence-electron chi connectivity index (χ1n) is 0.548. The third kappa shape index (κ3) is 6340. The molecule has 0 spiro atoms. The van der Waals surface area contributed by atoms with Crippen molar-refractivity contribution in [2.24, 2.45) is 0 Å². The van der Waals surface area contributed by atoms with E-state index in [1.807, 2.05) is 0 Å². The molecule has 11 heteroatoms. The van der Waals surface area contributed by atoms with Crippen LogP contribution in [0.25, 0.3) is 0 Å². The maximum Gasteiger partial charge on any atom is 0.0689 e. The van der Waals surface area contributed by atoms with Gasteiger partial charge in [0.2, 0.25) is 0 Å². The molecule has 0 aliphatic carbocycles. The second-order valence-corrected chi connectivity index (χ2v) is 0.224. The van der Waals surface area contributed by atoms with Crippen LogP contribution in [0.1, 0.15) is 0 Å². The zero-order chi connectivity index (χ0) is 3.58. The molecule has 0 aliphatic heterocycles. The summed E-state index contributed by atoms with van der Waals surface area (Å²) in [4.78, 5) is 8.25. The van der Waals surface area contributed by atoms with Crippen molar-refractivity contribution >= 4 is 0 Å². The van der Waals surface area contributed by atoms with Crippen LogP contribution >= 0.6 is 0 Å². The van der Waals surface area contributed by atoms with Gasteiger partial charge in [0, 0.05) is 41.7 Å². The predicted molar refractivity (Wildman–Crippen MR) is 34.9 cm³/mol. The smallest absolute Gasteiger partial charge is 0.0689 e. The summed E-state index contributed by atoms with van der Waals surface area (Å²) in [6.07, 6.45) is 0. The van der Waals surface area contributed by atoms with Crippen LogP contribution in [0.5, 0.6) is 0 Å². The Kier molecular flexibility index (Phi) is 801. The van der Waals surface area contributed by atoms with Crippen molar-refractivity contribution in [1.82, 2.24) is 12.3 Å². The van der Waals surface area contributed by atoms with Crippen LogP contribution in [0.2, 0.25) is 0 Å². The molecular weight excluding hydrogens is 294 g/mol. The minimum absolute atomic E-state index is 0. The van der Waals surface area contributed by atoms with Gasteiger partial charge in [0.05, 0.1) is 5.09 Å². The van der Waals surface area contributed by atoms with Crippen LogP contribution in [0.4, 0.5) is 0 Å². The van der Waals surface area contributed by atoms with Crippen LogP contribution in [-0.4, -0.2) is 27.0 Å².